The summed E-state index contributed by atoms with van der Waals surface area (Å²) in [5.41, 5.74) is 2.51. The van der Waals surface area contributed by atoms with Gasteiger partial charge in [0.1, 0.15) is 0 Å². The number of fused-ring (bicyclic) bond motifs is 4. The predicted molar refractivity (Wildman–Crippen MR) is 96.1 cm³/mol. The van der Waals surface area contributed by atoms with E-state index in [4.69, 9.17) is 9.30 Å². The molecule has 5 heteroatoms. The quantitative estimate of drug-likeness (QED) is 0.238. The first-order valence-electron chi connectivity index (χ1n) is 8.91. The normalized spacial score (nSPS) is 32.9. The van der Waals surface area contributed by atoms with Gasteiger partial charge < -0.3 is 0 Å². The number of carbonyl (C=O) groups is 2. The molecule has 0 saturated heterocycles. The smallest absolute Gasteiger partial charge is 0 e. The van der Waals surface area contributed by atoms with Crippen LogP contribution in [0.2, 0.25) is 0 Å². The van der Waals surface area contributed by atoms with Crippen molar-refractivity contribution in [2.24, 2.45) is 34.5 Å². The van der Waals surface area contributed by atoms with E-state index in [1.54, 1.807) is 0 Å². The molecule has 146 valence electrons. The van der Waals surface area contributed by atoms with Crippen molar-refractivity contribution in [2.75, 3.05) is 0 Å². The Labute approximate surface area is 176 Å². The zero-order valence-electron chi connectivity index (χ0n) is 16.6. The Bertz CT molecular complexity index is 610. The second-order valence-electron chi connectivity index (χ2n) is 8.92. The molecule has 6 saturated carbocycles. The Morgan fingerprint density at radius 1 is 0.778 bits per heavy atom. The molecule has 0 aromatic heterocycles. The molecule has 6 aliphatic carbocycles. The number of allylic oxidation sites excluding steroid dienone is 2. The van der Waals surface area contributed by atoms with Crippen LogP contribution in [0.4, 0.5) is 0 Å². The zero-order chi connectivity index (χ0) is 20.4. The summed E-state index contributed by atoms with van der Waals surface area (Å²) in [7, 11) is 0. The van der Waals surface area contributed by atoms with E-state index in [1.165, 1.54) is 12.8 Å². The minimum atomic E-state index is 0. The van der Waals surface area contributed by atoms with Crippen molar-refractivity contribution in [2.45, 2.75) is 53.4 Å². The first-order valence-corrected chi connectivity index (χ1v) is 8.91. The van der Waals surface area contributed by atoms with Crippen molar-refractivity contribution < 1.29 is 40.0 Å². The van der Waals surface area contributed by atoms with Crippen molar-refractivity contribution in [3.8, 4) is 0 Å². The molecule has 4 atom stereocenters. The number of carbonyl (C=O) groups excluding carboxylic acids is 2. The Morgan fingerprint density at radius 3 is 1.19 bits per heavy atom. The second-order valence-corrected chi connectivity index (χ2v) is 8.92. The van der Waals surface area contributed by atoms with E-state index < -0.39 is 0 Å². The molecule has 4 bridgehead atoms. The average Bonchev–Trinajstić information content (AvgIpc) is 2.62. The molecule has 6 fully saturated rings. The Morgan fingerprint density at radius 2 is 1.04 bits per heavy atom. The van der Waals surface area contributed by atoms with Gasteiger partial charge in [0.05, 0.1) is 0 Å². The van der Waals surface area contributed by atoms with Crippen LogP contribution in [0.5, 0.6) is 0 Å². The van der Waals surface area contributed by atoms with Gasteiger partial charge in [0.15, 0.2) is 11.6 Å². The molecule has 0 aromatic carbocycles. The van der Waals surface area contributed by atoms with Gasteiger partial charge in [-0.3, -0.25) is 9.59 Å². The van der Waals surface area contributed by atoms with Crippen molar-refractivity contribution >= 4 is 11.6 Å². The molecule has 6 aliphatic rings. The zero-order valence-corrected chi connectivity index (χ0v) is 18.6. The van der Waals surface area contributed by atoms with E-state index in [1.807, 2.05) is 0 Å². The molecular weight excluding hydrogens is 424 g/mol. The van der Waals surface area contributed by atoms with E-state index in [-0.39, 0.29) is 21.1 Å². The number of Topliss-reactive ketones (excluding diaryl/α,β-unsaturated/α-hetero) is 2. The van der Waals surface area contributed by atoms with Crippen LogP contribution in [-0.4, -0.2) is 11.6 Å². The van der Waals surface area contributed by atoms with Crippen LogP contribution in [0.25, 0.3) is 0 Å². The third-order valence-corrected chi connectivity index (χ3v) is 7.36. The van der Waals surface area contributed by atoms with Gasteiger partial charge in [0.2, 0.25) is 0 Å². The van der Waals surface area contributed by atoms with Crippen molar-refractivity contribution in [3.05, 3.63) is 37.6 Å². The van der Waals surface area contributed by atoms with Gasteiger partial charge in [0, 0.05) is 33.9 Å². The molecule has 4 unspecified atom stereocenters. The monoisotopic (exact) mass is 454 g/mol. The molecule has 0 aromatic rings. The Kier molecular flexibility index (Phi) is 9.11. The minimum absolute atomic E-state index is 0. The number of rotatable bonds is 0. The second kappa shape index (κ2) is 9.46. The van der Waals surface area contributed by atoms with Crippen LogP contribution in [0.3, 0.4) is 0 Å². The fourth-order valence-electron chi connectivity index (χ4n) is 5.01. The topological polar surface area (TPSA) is 73.9 Å². The fourth-order valence-corrected chi connectivity index (χ4v) is 5.01. The van der Waals surface area contributed by atoms with Crippen molar-refractivity contribution in [1.29, 1.82) is 0 Å². The maximum atomic E-state index is 11.2. The van der Waals surface area contributed by atoms with Crippen LogP contribution in [0.1, 0.15) is 53.4 Å². The van der Waals surface area contributed by atoms with Crippen molar-refractivity contribution in [1.82, 2.24) is 0 Å². The fraction of sp³-hybridized carbons (Fsp3) is 0.636. The summed E-state index contributed by atoms with van der Waals surface area (Å²) in [4.78, 5) is 22.4. The van der Waals surface area contributed by atoms with Gasteiger partial charge in [-0.25, -0.2) is 0 Å². The van der Waals surface area contributed by atoms with Crippen LogP contribution in [0.15, 0.2) is 24.3 Å². The largest absolute Gasteiger partial charge is 0 e. The number of hydrogen-bond acceptors (Lipinski definition) is 2. The minimum Gasteiger partial charge on any atom is 0 e. The summed E-state index contributed by atoms with van der Waals surface area (Å²) >= 11 is 0. The number of hydrogen-bond donors (Lipinski definition) is 0. The molecule has 6 rings (SSSR count). The van der Waals surface area contributed by atoms with Crippen LogP contribution in [-0.2, 0) is 40.0 Å². The van der Waals surface area contributed by atoms with Gasteiger partial charge in [-0.2, -0.15) is 0 Å². The standard InChI is InChI=1S/2C10H14O.2CO.Mo/c2*1-6-8-4-7(5-9(6)11)10(8,2)3;2*1-2;/h2*7-8H,1,4-5H2,2-3H3;;;. The summed E-state index contributed by atoms with van der Waals surface area (Å²) in [5, 5.41) is 0. The maximum Gasteiger partial charge on any atom is 0 e. The third-order valence-electron chi connectivity index (χ3n) is 7.36. The average molecular weight is 452 g/mol. The molecule has 4 nitrogen and oxygen atoms in total. The van der Waals surface area contributed by atoms with Crippen molar-refractivity contribution in [3.63, 3.8) is 0 Å². The van der Waals surface area contributed by atoms with E-state index >= 15 is 0 Å². The first-order chi connectivity index (χ1) is 12.1. The summed E-state index contributed by atoms with van der Waals surface area (Å²) < 4.78 is 15.0. The van der Waals surface area contributed by atoms with Gasteiger partial charge >= 0.3 is 22.6 Å². The molecule has 0 radical (unpaired) electrons. The molecule has 0 amide bonds. The molecular formula is C22H28MoO4. The summed E-state index contributed by atoms with van der Waals surface area (Å²) in [6.45, 7) is 25.7. The van der Waals surface area contributed by atoms with Gasteiger partial charge in [-0.15, -0.1) is 0 Å². The van der Waals surface area contributed by atoms with E-state index in [2.05, 4.69) is 54.2 Å². The molecule has 0 aliphatic heterocycles. The SMILES string of the molecule is C=C1C(=O)CC2CC1C2(C)C.C=C1C(=O)CC2CC1C2(C)C.[C-]#[O+].[C-]#[O+].[Mo]. The van der Waals surface area contributed by atoms with Gasteiger partial charge in [-0.1, -0.05) is 40.9 Å². The van der Waals surface area contributed by atoms with Crippen LogP contribution < -0.4 is 0 Å². The van der Waals surface area contributed by atoms with Crippen LogP contribution >= 0.6 is 0 Å². The van der Waals surface area contributed by atoms with E-state index in [9.17, 15) is 9.59 Å². The number of ketones is 2. The van der Waals surface area contributed by atoms with E-state index in [0.29, 0.717) is 46.1 Å². The molecule has 0 spiro atoms. The third kappa shape index (κ3) is 4.37. The first kappa shape index (κ1) is 26.0. The maximum absolute atomic E-state index is 11.2. The van der Waals surface area contributed by atoms with Gasteiger partial charge in [-0.05, 0) is 58.5 Å². The summed E-state index contributed by atoms with van der Waals surface area (Å²) in [6, 6.07) is 0. The Hall–Kier alpha value is -1.01. The molecule has 27 heavy (non-hydrogen) atoms. The van der Waals surface area contributed by atoms with Crippen LogP contribution in [0, 0.1) is 47.8 Å². The molecule has 0 N–H and O–H groups in total. The Balaban J connectivity index is 0.000000411. The van der Waals surface area contributed by atoms with Gasteiger partial charge in [0.25, 0.3) is 0 Å². The van der Waals surface area contributed by atoms with E-state index in [0.717, 1.165) is 24.0 Å². The predicted octanol–water partition coefficient (Wildman–Crippen LogP) is 4.28. The summed E-state index contributed by atoms with van der Waals surface area (Å²) in [5.74, 6) is 2.90. The molecule has 0 heterocycles. The summed E-state index contributed by atoms with van der Waals surface area (Å²) in [6.07, 6.45) is 3.92.